The molecule has 1 unspecified atom stereocenters. The van der Waals surface area contributed by atoms with Crippen molar-refractivity contribution >= 4 is 17.6 Å². The predicted molar refractivity (Wildman–Crippen MR) is 72.4 cm³/mol. The van der Waals surface area contributed by atoms with Gasteiger partial charge in [-0.3, -0.25) is 0 Å². The first kappa shape index (κ1) is 12.3. The molecular formula is C13H17N3S. The number of aryl methyl sites for hydroxylation is 1. The van der Waals surface area contributed by atoms with Gasteiger partial charge in [-0.1, -0.05) is 6.92 Å². The lowest BCUT2D eigenvalue weighted by Gasteiger charge is -2.33. The van der Waals surface area contributed by atoms with Crippen molar-refractivity contribution in [2.24, 2.45) is 0 Å². The van der Waals surface area contributed by atoms with Gasteiger partial charge in [-0.05, 0) is 25.5 Å². The van der Waals surface area contributed by atoms with E-state index in [-0.39, 0.29) is 0 Å². The quantitative estimate of drug-likeness (QED) is 0.805. The minimum Gasteiger partial charge on any atom is -0.355 e. The average Bonchev–Trinajstić information content (AvgIpc) is 2.38. The lowest BCUT2D eigenvalue weighted by Crippen LogP contribution is -2.38. The fourth-order valence-electron chi connectivity index (χ4n) is 2.05. The predicted octanol–water partition coefficient (Wildman–Crippen LogP) is 2.59. The molecule has 0 amide bonds. The molecule has 1 fully saturated rings. The molecule has 0 aliphatic carbocycles. The summed E-state index contributed by atoms with van der Waals surface area (Å²) < 4.78 is 0. The Labute approximate surface area is 107 Å². The Morgan fingerprint density at radius 3 is 3.12 bits per heavy atom. The van der Waals surface area contributed by atoms with Crippen molar-refractivity contribution in [3.05, 3.63) is 23.4 Å². The monoisotopic (exact) mass is 247 g/mol. The smallest absolute Gasteiger partial charge is 0.130 e. The van der Waals surface area contributed by atoms with Gasteiger partial charge in [0.15, 0.2) is 0 Å². The van der Waals surface area contributed by atoms with Gasteiger partial charge >= 0.3 is 0 Å². The van der Waals surface area contributed by atoms with Crippen LogP contribution >= 0.6 is 11.8 Å². The summed E-state index contributed by atoms with van der Waals surface area (Å²) in [4.78, 5) is 6.84. The normalized spacial score (nSPS) is 20.1. The Balaban J connectivity index is 2.21. The van der Waals surface area contributed by atoms with E-state index in [2.05, 4.69) is 22.9 Å². The highest BCUT2D eigenvalue weighted by Crippen LogP contribution is 2.25. The van der Waals surface area contributed by atoms with Crippen molar-refractivity contribution in [3.8, 4) is 6.07 Å². The number of hydrogen-bond acceptors (Lipinski definition) is 4. The summed E-state index contributed by atoms with van der Waals surface area (Å²) >= 11 is 2.04. The second kappa shape index (κ2) is 5.42. The van der Waals surface area contributed by atoms with Crippen molar-refractivity contribution in [2.75, 3.05) is 23.7 Å². The molecular weight excluding hydrogens is 230 g/mol. The number of hydrogen-bond donors (Lipinski definition) is 0. The number of rotatable bonds is 2. The Morgan fingerprint density at radius 1 is 1.59 bits per heavy atom. The number of aromatic nitrogens is 1. The zero-order valence-corrected chi connectivity index (χ0v) is 11.1. The van der Waals surface area contributed by atoms with Crippen molar-refractivity contribution < 1.29 is 0 Å². The molecule has 0 spiro atoms. The Hall–Kier alpha value is -1.21. The molecule has 17 heavy (non-hydrogen) atoms. The van der Waals surface area contributed by atoms with E-state index in [1.54, 1.807) is 0 Å². The van der Waals surface area contributed by atoms with Gasteiger partial charge in [0.05, 0.1) is 11.6 Å². The minimum atomic E-state index is 0.691. The SMILES string of the molecule is CCC1CN(c2cc(C#N)cc(C)n2)CCS1. The summed E-state index contributed by atoms with van der Waals surface area (Å²) in [7, 11) is 0. The average molecular weight is 247 g/mol. The van der Waals surface area contributed by atoms with E-state index < -0.39 is 0 Å². The van der Waals surface area contributed by atoms with Crippen LogP contribution in [0.25, 0.3) is 0 Å². The maximum atomic E-state index is 8.98. The van der Waals surface area contributed by atoms with E-state index in [9.17, 15) is 0 Å². The summed E-state index contributed by atoms with van der Waals surface area (Å²) in [6.07, 6.45) is 1.19. The van der Waals surface area contributed by atoms with Crippen LogP contribution in [0, 0.1) is 18.3 Å². The van der Waals surface area contributed by atoms with Gasteiger partial charge in [-0.2, -0.15) is 17.0 Å². The minimum absolute atomic E-state index is 0.691. The van der Waals surface area contributed by atoms with Crippen molar-refractivity contribution in [3.63, 3.8) is 0 Å². The number of pyridine rings is 1. The molecule has 1 saturated heterocycles. The zero-order valence-electron chi connectivity index (χ0n) is 10.3. The van der Waals surface area contributed by atoms with E-state index in [0.29, 0.717) is 10.8 Å². The van der Waals surface area contributed by atoms with E-state index in [1.807, 2.05) is 30.8 Å². The van der Waals surface area contributed by atoms with Crippen LogP contribution in [0.1, 0.15) is 24.6 Å². The number of nitriles is 1. The Morgan fingerprint density at radius 2 is 2.41 bits per heavy atom. The summed E-state index contributed by atoms with van der Waals surface area (Å²) in [5, 5.41) is 9.67. The van der Waals surface area contributed by atoms with Gasteiger partial charge < -0.3 is 4.90 Å². The maximum absolute atomic E-state index is 8.98. The molecule has 1 aromatic rings. The first-order valence-electron chi connectivity index (χ1n) is 5.98. The second-order valence-corrected chi connectivity index (χ2v) is 5.72. The van der Waals surface area contributed by atoms with Crippen LogP contribution in [0.15, 0.2) is 12.1 Å². The van der Waals surface area contributed by atoms with Crippen molar-refractivity contribution in [1.82, 2.24) is 4.98 Å². The van der Waals surface area contributed by atoms with Crippen molar-refractivity contribution in [1.29, 1.82) is 5.26 Å². The molecule has 1 aliphatic heterocycles. The van der Waals surface area contributed by atoms with Gasteiger partial charge in [0, 0.05) is 29.8 Å². The molecule has 2 heterocycles. The summed E-state index contributed by atoms with van der Waals surface area (Å²) in [5.74, 6) is 2.11. The molecule has 0 bridgehead atoms. The fraction of sp³-hybridized carbons (Fsp3) is 0.538. The molecule has 1 aliphatic rings. The van der Waals surface area contributed by atoms with Crippen LogP contribution in [0.5, 0.6) is 0 Å². The van der Waals surface area contributed by atoms with Crippen LogP contribution in [0.4, 0.5) is 5.82 Å². The molecule has 0 aromatic carbocycles. The van der Waals surface area contributed by atoms with E-state index >= 15 is 0 Å². The third kappa shape index (κ3) is 2.92. The Bertz CT molecular complexity index is 439. The summed E-state index contributed by atoms with van der Waals surface area (Å²) in [5.41, 5.74) is 1.63. The van der Waals surface area contributed by atoms with Gasteiger partial charge in [0.1, 0.15) is 5.82 Å². The molecule has 0 N–H and O–H groups in total. The van der Waals surface area contributed by atoms with Gasteiger partial charge in [0.2, 0.25) is 0 Å². The highest BCUT2D eigenvalue weighted by molar-refractivity contribution is 8.00. The van der Waals surface area contributed by atoms with Gasteiger partial charge in [-0.15, -0.1) is 0 Å². The lowest BCUT2D eigenvalue weighted by molar-refractivity contribution is 0.719. The standard InChI is InChI=1S/C13H17N3S/c1-3-12-9-16(4-5-17-12)13-7-11(8-14)6-10(2)15-13/h6-7,12H,3-5,9H2,1-2H3. The maximum Gasteiger partial charge on any atom is 0.130 e. The molecule has 4 heteroatoms. The summed E-state index contributed by atoms with van der Waals surface area (Å²) in [6.45, 7) is 6.25. The van der Waals surface area contributed by atoms with Crippen LogP contribution in [-0.2, 0) is 0 Å². The molecule has 0 radical (unpaired) electrons. The zero-order chi connectivity index (χ0) is 12.3. The first-order chi connectivity index (χ1) is 8.22. The fourth-order valence-corrected chi connectivity index (χ4v) is 3.23. The largest absolute Gasteiger partial charge is 0.355 e. The highest BCUT2D eigenvalue weighted by Gasteiger charge is 2.20. The molecule has 90 valence electrons. The van der Waals surface area contributed by atoms with E-state index in [0.717, 1.165) is 30.4 Å². The third-order valence-corrected chi connectivity index (χ3v) is 4.36. The third-order valence-electron chi connectivity index (χ3n) is 2.99. The van der Waals surface area contributed by atoms with E-state index in [4.69, 9.17) is 5.26 Å². The van der Waals surface area contributed by atoms with Gasteiger partial charge in [0.25, 0.3) is 0 Å². The molecule has 0 saturated carbocycles. The molecule has 2 rings (SSSR count). The highest BCUT2D eigenvalue weighted by atomic mass is 32.2. The van der Waals surface area contributed by atoms with E-state index in [1.165, 1.54) is 6.42 Å². The second-order valence-electron chi connectivity index (χ2n) is 4.31. The number of anilines is 1. The summed E-state index contributed by atoms with van der Waals surface area (Å²) in [6, 6.07) is 5.93. The topological polar surface area (TPSA) is 39.9 Å². The van der Waals surface area contributed by atoms with Crippen LogP contribution in [0.3, 0.4) is 0 Å². The van der Waals surface area contributed by atoms with Crippen LogP contribution in [-0.4, -0.2) is 29.1 Å². The van der Waals surface area contributed by atoms with Gasteiger partial charge in [-0.25, -0.2) is 4.98 Å². The number of thioether (sulfide) groups is 1. The number of nitrogens with zero attached hydrogens (tertiary/aromatic N) is 3. The first-order valence-corrected chi connectivity index (χ1v) is 7.03. The molecule has 3 nitrogen and oxygen atoms in total. The lowest BCUT2D eigenvalue weighted by atomic mass is 10.2. The molecule has 1 aromatic heterocycles. The van der Waals surface area contributed by atoms with Crippen molar-refractivity contribution in [2.45, 2.75) is 25.5 Å². The van der Waals surface area contributed by atoms with Crippen LogP contribution < -0.4 is 4.90 Å². The Kier molecular flexibility index (Phi) is 3.90. The molecule has 1 atom stereocenters. The van der Waals surface area contributed by atoms with Crippen LogP contribution in [0.2, 0.25) is 0 Å².